The predicted molar refractivity (Wildman–Crippen MR) is 50.1 cm³/mol. The number of aromatic amines is 1. The molecule has 0 saturated heterocycles. The molecule has 1 aromatic carbocycles. The highest BCUT2D eigenvalue weighted by Crippen LogP contribution is 2.10. The fourth-order valence-corrected chi connectivity index (χ4v) is 1.23. The van der Waals surface area contributed by atoms with Crippen LogP contribution in [0.3, 0.4) is 0 Å². The first-order valence-corrected chi connectivity index (χ1v) is 4.13. The third kappa shape index (κ3) is 1.66. The van der Waals surface area contributed by atoms with E-state index in [0.29, 0.717) is 6.54 Å². The maximum absolute atomic E-state index is 11.1. The summed E-state index contributed by atoms with van der Waals surface area (Å²) in [5, 5.41) is 15.1. The van der Waals surface area contributed by atoms with Crippen molar-refractivity contribution in [1.82, 2.24) is 14.8 Å². The summed E-state index contributed by atoms with van der Waals surface area (Å²) >= 11 is 0. The van der Waals surface area contributed by atoms with E-state index in [4.69, 9.17) is 0 Å². The molecule has 2 aromatic rings. The average Bonchev–Trinajstić information content (AvgIpc) is 2.52. The Morgan fingerprint density at radius 3 is 3.00 bits per heavy atom. The van der Waals surface area contributed by atoms with Gasteiger partial charge in [-0.25, -0.2) is 9.89 Å². The minimum absolute atomic E-state index is 0.194. The van der Waals surface area contributed by atoms with E-state index < -0.39 is 0 Å². The van der Waals surface area contributed by atoms with Crippen molar-refractivity contribution in [2.24, 2.45) is 0 Å². The predicted octanol–water partition coefficient (Wildman–Crippen LogP) is 0.325. The van der Waals surface area contributed by atoms with E-state index in [9.17, 15) is 9.90 Å². The second-order valence-electron chi connectivity index (χ2n) is 2.96. The fraction of sp³-hybridized carbons (Fsp3) is 0.111. The molecule has 0 unspecified atom stereocenters. The van der Waals surface area contributed by atoms with Gasteiger partial charge in [-0.15, -0.1) is 0 Å². The van der Waals surface area contributed by atoms with E-state index in [1.54, 1.807) is 18.2 Å². The number of nitrogens with one attached hydrogen (secondary N) is 1. The third-order valence-corrected chi connectivity index (χ3v) is 1.88. The van der Waals surface area contributed by atoms with Crippen molar-refractivity contribution in [1.29, 1.82) is 0 Å². The van der Waals surface area contributed by atoms with Gasteiger partial charge in [-0.05, 0) is 17.7 Å². The molecule has 0 spiro atoms. The molecule has 2 rings (SSSR count). The molecule has 0 aliphatic carbocycles. The zero-order valence-electron chi connectivity index (χ0n) is 7.34. The summed E-state index contributed by atoms with van der Waals surface area (Å²) in [6, 6.07) is 6.76. The largest absolute Gasteiger partial charge is 0.508 e. The van der Waals surface area contributed by atoms with Crippen LogP contribution < -0.4 is 5.69 Å². The average molecular weight is 191 g/mol. The number of hydrogen-bond donors (Lipinski definition) is 2. The van der Waals surface area contributed by atoms with Crippen molar-refractivity contribution in [3.8, 4) is 5.75 Å². The number of phenolic OH excluding ortho intramolecular Hbond substituents is 1. The highest BCUT2D eigenvalue weighted by molar-refractivity contribution is 5.27. The minimum Gasteiger partial charge on any atom is -0.508 e. The maximum Gasteiger partial charge on any atom is 0.343 e. The number of benzene rings is 1. The molecule has 1 heterocycles. The van der Waals surface area contributed by atoms with Crippen LogP contribution in [-0.4, -0.2) is 19.9 Å². The molecule has 0 fully saturated rings. The van der Waals surface area contributed by atoms with E-state index >= 15 is 0 Å². The second kappa shape index (κ2) is 3.37. The van der Waals surface area contributed by atoms with Crippen LogP contribution in [-0.2, 0) is 6.54 Å². The summed E-state index contributed by atoms with van der Waals surface area (Å²) in [6.45, 7) is 0.406. The van der Waals surface area contributed by atoms with Crippen molar-refractivity contribution in [2.75, 3.05) is 0 Å². The molecule has 5 nitrogen and oxygen atoms in total. The van der Waals surface area contributed by atoms with Crippen LogP contribution in [0, 0.1) is 0 Å². The molecule has 1 aromatic heterocycles. The van der Waals surface area contributed by atoms with Gasteiger partial charge in [0.1, 0.15) is 12.1 Å². The Morgan fingerprint density at radius 1 is 1.50 bits per heavy atom. The van der Waals surface area contributed by atoms with Gasteiger partial charge in [0.2, 0.25) is 0 Å². The molecule has 72 valence electrons. The highest BCUT2D eigenvalue weighted by Gasteiger charge is 1.99. The molecule has 5 heteroatoms. The van der Waals surface area contributed by atoms with Gasteiger partial charge in [0.25, 0.3) is 0 Å². The zero-order valence-corrected chi connectivity index (χ0v) is 7.34. The first kappa shape index (κ1) is 8.55. The Hall–Kier alpha value is -2.04. The lowest BCUT2D eigenvalue weighted by Gasteiger charge is -2.00. The van der Waals surface area contributed by atoms with Gasteiger partial charge in [-0.3, -0.25) is 4.57 Å². The molecule has 0 amide bonds. The molecule has 0 aliphatic heterocycles. The summed E-state index contributed by atoms with van der Waals surface area (Å²) in [5.74, 6) is 0.194. The summed E-state index contributed by atoms with van der Waals surface area (Å²) in [7, 11) is 0. The van der Waals surface area contributed by atoms with Gasteiger partial charge >= 0.3 is 5.69 Å². The lowest BCUT2D eigenvalue weighted by Crippen LogP contribution is -2.16. The lowest BCUT2D eigenvalue weighted by molar-refractivity contribution is 0.474. The van der Waals surface area contributed by atoms with Crippen LogP contribution in [0.5, 0.6) is 5.75 Å². The number of H-pyrrole nitrogens is 1. The molecule has 0 radical (unpaired) electrons. The van der Waals surface area contributed by atoms with Crippen LogP contribution in [0.15, 0.2) is 35.4 Å². The number of aromatic hydroxyl groups is 1. The van der Waals surface area contributed by atoms with Gasteiger partial charge in [-0.2, -0.15) is 5.10 Å². The van der Waals surface area contributed by atoms with E-state index in [1.165, 1.54) is 10.9 Å². The summed E-state index contributed by atoms with van der Waals surface area (Å²) < 4.78 is 1.43. The van der Waals surface area contributed by atoms with E-state index in [0.717, 1.165) is 5.56 Å². The standard InChI is InChI=1S/C9H9N3O2/c13-8-3-1-2-7(4-8)5-12-6-10-11-9(12)14/h1-4,6,13H,5H2,(H,11,14). The second-order valence-corrected chi connectivity index (χ2v) is 2.96. The quantitative estimate of drug-likeness (QED) is 0.718. The normalized spacial score (nSPS) is 10.3. The number of hydrogen-bond acceptors (Lipinski definition) is 3. The third-order valence-electron chi connectivity index (χ3n) is 1.88. The van der Waals surface area contributed by atoms with Crippen molar-refractivity contribution in [2.45, 2.75) is 6.54 Å². The van der Waals surface area contributed by atoms with E-state index in [-0.39, 0.29) is 11.4 Å². The molecule has 0 atom stereocenters. The Kier molecular flexibility index (Phi) is 2.06. The Labute approximate surface area is 79.6 Å². The zero-order chi connectivity index (χ0) is 9.97. The Bertz CT molecular complexity index is 487. The molecule has 0 bridgehead atoms. The van der Waals surface area contributed by atoms with Crippen LogP contribution in [0.4, 0.5) is 0 Å². The summed E-state index contributed by atoms with van der Waals surface area (Å²) in [5.41, 5.74) is 0.599. The van der Waals surface area contributed by atoms with Crippen LogP contribution in [0.2, 0.25) is 0 Å². The number of phenols is 1. The SMILES string of the molecule is O=c1[nH]ncn1Cc1cccc(O)c1. The molecular weight excluding hydrogens is 182 g/mol. The highest BCUT2D eigenvalue weighted by atomic mass is 16.3. The number of nitrogens with zero attached hydrogens (tertiary/aromatic N) is 2. The monoisotopic (exact) mass is 191 g/mol. The Balaban J connectivity index is 2.27. The van der Waals surface area contributed by atoms with Gasteiger partial charge in [0, 0.05) is 0 Å². The molecule has 0 aliphatic rings. The molecular formula is C9H9N3O2. The van der Waals surface area contributed by atoms with Crippen LogP contribution in [0.1, 0.15) is 5.56 Å². The molecule has 2 N–H and O–H groups in total. The number of rotatable bonds is 2. The first-order valence-electron chi connectivity index (χ1n) is 4.13. The van der Waals surface area contributed by atoms with Crippen molar-refractivity contribution in [3.05, 3.63) is 46.6 Å². The topological polar surface area (TPSA) is 70.9 Å². The molecule has 14 heavy (non-hydrogen) atoms. The van der Waals surface area contributed by atoms with E-state index in [2.05, 4.69) is 10.2 Å². The van der Waals surface area contributed by atoms with Crippen LogP contribution >= 0.6 is 0 Å². The smallest absolute Gasteiger partial charge is 0.343 e. The van der Waals surface area contributed by atoms with Crippen molar-refractivity contribution < 1.29 is 5.11 Å². The Morgan fingerprint density at radius 2 is 2.36 bits per heavy atom. The van der Waals surface area contributed by atoms with Crippen molar-refractivity contribution in [3.63, 3.8) is 0 Å². The van der Waals surface area contributed by atoms with Gasteiger partial charge in [0.15, 0.2) is 0 Å². The first-order chi connectivity index (χ1) is 6.75. The lowest BCUT2D eigenvalue weighted by atomic mass is 10.2. The van der Waals surface area contributed by atoms with Crippen LogP contribution in [0.25, 0.3) is 0 Å². The van der Waals surface area contributed by atoms with Gasteiger partial charge in [0.05, 0.1) is 6.54 Å². The van der Waals surface area contributed by atoms with E-state index in [1.807, 2.05) is 6.07 Å². The molecule has 0 saturated carbocycles. The maximum atomic E-state index is 11.1. The van der Waals surface area contributed by atoms with Gasteiger partial charge in [-0.1, -0.05) is 12.1 Å². The minimum atomic E-state index is -0.256. The fourth-order valence-electron chi connectivity index (χ4n) is 1.23. The number of aromatic nitrogens is 3. The summed E-state index contributed by atoms with van der Waals surface area (Å²) in [6.07, 6.45) is 1.42. The van der Waals surface area contributed by atoms with Crippen molar-refractivity contribution >= 4 is 0 Å². The summed E-state index contributed by atoms with van der Waals surface area (Å²) in [4.78, 5) is 11.1. The van der Waals surface area contributed by atoms with Gasteiger partial charge < -0.3 is 5.11 Å².